The molecule has 1 aromatic carbocycles. The highest BCUT2D eigenvalue weighted by Gasteiger charge is 2.09. The summed E-state index contributed by atoms with van der Waals surface area (Å²) in [5.74, 6) is -0.428. The first-order valence-electron chi connectivity index (χ1n) is 6.20. The third-order valence-electron chi connectivity index (χ3n) is 2.94. The van der Waals surface area contributed by atoms with Crippen molar-refractivity contribution in [3.05, 3.63) is 73.5 Å². The van der Waals surface area contributed by atoms with Crippen molar-refractivity contribution in [2.45, 2.75) is 6.54 Å². The predicted octanol–water partition coefficient (Wildman–Crippen LogP) is 1.07. The van der Waals surface area contributed by atoms with Crippen LogP contribution < -0.4 is 11.2 Å². The van der Waals surface area contributed by atoms with E-state index < -0.39 is 17.1 Å². The lowest BCUT2D eigenvalue weighted by Crippen LogP contribution is -2.30. The Kier molecular flexibility index (Phi) is 3.72. The van der Waals surface area contributed by atoms with E-state index in [4.69, 9.17) is 0 Å². The molecule has 9 heteroatoms. The van der Waals surface area contributed by atoms with Gasteiger partial charge in [0.2, 0.25) is 0 Å². The average Bonchev–Trinajstić information content (AvgIpc) is 2.93. The summed E-state index contributed by atoms with van der Waals surface area (Å²) in [5.41, 5.74) is -0.356. The van der Waals surface area contributed by atoms with Crippen molar-refractivity contribution in [3.63, 3.8) is 0 Å². The Hall–Kier alpha value is -2.55. The second-order valence-electron chi connectivity index (χ2n) is 4.47. The fraction of sp³-hybridized carbons (Fsp3) is 0.0769. The molecular formula is C13H9BrFN5O2. The summed E-state index contributed by atoms with van der Waals surface area (Å²) in [5, 5.41) is 7.74. The summed E-state index contributed by atoms with van der Waals surface area (Å²) in [7, 11) is 0. The molecule has 112 valence electrons. The maximum Gasteiger partial charge on any atom is 0.328 e. The number of benzene rings is 1. The topological polar surface area (TPSA) is 85.6 Å². The van der Waals surface area contributed by atoms with E-state index in [-0.39, 0.29) is 16.7 Å². The molecule has 0 bridgehead atoms. The van der Waals surface area contributed by atoms with Gasteiger partial charge in [0.25, 0.3) is 5.56 Å². The summed E-state index contributed by atoms with van der Waals surface area (Å²) in [6, 6.07) is 6.15. The number of hydrogen-bond acceptors (Lipinski definition) is 4. The van der Waals surface area contributed by atoms with E-state index in [0.29, 0.717) is 5.69 Å². The molecule has 2 aromatic heterocycles. The normalized spacial score (nSPS) is 10.8. The van der Waals surface area contributed by atoms with Crippen LogP contribution in [0, 0.1) is 5.82 Å². The second kappa shape index (κ2) is 5.68. The van der Waals surface area contributed by atoms with Gasteiger partial charge in [-0.15, -0.1) is 5.10 Å². The fourth-order valence-electron chi connectivity index (χ4n) is 1.90. The molecule has 0 saturated heterocycles. The molecule has 22 heavy (non-hydrogen) atoms. The highest BCUT2D eigenvalue weighted by atomic mass is 79.9. The molecule has 0 aliphatic carbocycles. The zero-order valence-corrected chi connectivity index (χ0v) is 12.6. The number of hydrogen-bond donors (Lipinski definition) is 1. The van der Waals surface area contributed by atoms with Gasteiger partial charge in [-0.3, -0.25) is 14.3 Å². The second-order valence-corrected chi connectivity index (χ2v) is 5.32. The lowest BCUT2D eigenvalue weighted by atomic mass is 10.3. The number of halogens is 2. The number of nitrogens with zero attached hydrogens (tertiary/aromatic N) is 4. The molecule has 0 atom stereocenters. The van der Waals surface area contributed by atoms with Gasteiger partial charge in [-0.1, -0.05) is 17.3 Å². The zero-order chi connectivity index (χ0) is 15.7. The van der Waals surface area contributed by atoms with Crippen LogP contribution >= 0.6 is 15.9 Å². The van der Waals surface area contributed by atoms with E-state index in [0.717, 1.165) is 0 Å². The van der Waals surface area contributed by atoms with Crippen LogP contribution in [0.5, 0.6) is 0 Å². The van der Waals surface area contributed by atoms with Gasteiger partial charge in [-0.2, -0.15) is 0 Å². The van der Waals surface area contributed by atoms with Gasteiger partial charge in [0, 0.05) is 6.20 Å². The van der Waals surface area contributed by atoms with Crippen molar-refractivity contribution < 1.29 is 4.39 Å². The summed E-state index contributed by atoms with van der Waals surface area (Å²) in [4.78, 5) is 25.1. The molecule has 0 radical (unpaired) electrons. The molecular weight excluding hydrogens is 357 g/mol. The third-order valence-corrected chi connectivity index (χ3v) is 3.50. The molecule has 0 unspecified atom stereocenters. The Morgan fingerprint density at radius 3 is 2.77 bits per heavy atom. The first-order chi connectivity index (χ1) is 10.5. The molecule has 0 aliphatic rings. The summed E-state index contributed by atoms with van der Waals surface area (Å²) >= 11 is 3.05. The molecule has 0 spiro atoms. The van der Waals surface area contributed by atoms with Gasteiger partial charge >= 0.3 is 5.69 Å². The number of aromatic nitrogens is 5. The highest BCUT2D eigenvalue weighted by molar-refractivity contribution is 9.10. The van der Waals surface area contributed by atoms with E-state index in [1.54, 1.807) is 18.2 Å². The number of H-pyrrole nitrogens is 1. The van der Waals surface area contributed by atoms with Crippen molar-refractivity contribution in [2.24, 2.45) is 0 Å². The van der Waals surface area contributed by atoms with Crippen LogP contribution in [0.4, 0.5) is 4.39 Å². The van der Waals surface area contributed by atoms with Crippen LogP contribution in [0.3, 0.4) is 0 Å². The Balaban J connectivity index is 1.93. The monoisotopic (exact) mass is 365 g/mol. The first kappa shape index (κ1) is 14.4. The summed E-state index contributed by atoms with van der Waals surface area (Å²) in [6.45, 7) is 0.0999. The van der Waals surface area contributed by atoms with E-state index in [9.17, 15) is 14.0 Å². The minimum absolute atomic E-state index is 0.0999. The molecule has 0 fully saturated rings. The lowest BCUT2D eigenvalue weighted by Gasteiger charge is -2.02. The minimum atomic E-state index is -0.561. The maximum absolute atomic E-state index is 13.7. The Morgan fingerprint density at radius 1 is 1.23 bits per heavy atom. The quantitative estimate of drug-likeness (QED) is 0.752. The number of aromatic amines is 1. The Labute approximate surface area is 131 Å². The third kappa shape index (κ3) is 2.75. The number of para-hydroxylation sites is 1. The van der Waals surface area contributed by atoms with Gasteiger partial charge in [-0.25, -0.2) is 13.9 Å². The van der Waals surface area contributed by atoms with Crippen molar-refractivity contribution in [2.75, 3.05) is 0 Å². The predicted molar refractivity (Wildman–Crippen MR) is 79.4 cm³/mol. The SMILES string of the molecule is O=c1[nH]c(=O)n(Cc2cn(-c3ccccc3F)nn2)cc1Br. The van der Waals surface area contributed by atoms with Crippen LogP contribution in [0.25, 0.3) is 5.69 Å². The van der Waals surface area contributed by atoms with Gasteiger partial charge < -0.3 is 0 Å². The molecule has 0 aliphatic heterocycles. The van der Waals surface area contributed by atoms with Crippen molar-refractivity contribution in [3.8, 4) is 5.69 Å². The molecule has 0 amide bonds. The highest BCUT2D eigenvalue weighted by Crippen LogP contribution is 2.11. The average molecular weight is 366 g/mol. The van der Waals surface area contributed by atoms with Crippen LogP contribution in [0.1, 0.15) is 5.69 Å². The zero-order valence-electron chi connectivity index (χ0n) is 11.0. The first-order valence-corrected chi connectivity index (χ1v) is 6.99. The largest absolute Gasteiger partial charge is 0.328 e. The van der Waals surface area contributed by atoms with E-state index in [1.807, 2.05) is 0 Å². The maximum atomic E-state index is 13.7. The molecule has 1 N–H and O–H groups in total. The lowest BCUT2D eigenvalue weighted by molar-refractivity contribution is 0.607. The molecule has 3 rings (SSSR count). The molecule has 3 aromatic rings. The summed E-state index contributed by atoms with van der Waals surface area (Å²) < 4.78 is 16.5. The van der Waals surface area contributed by atoms with Crippen molar-refractivity contribution >= 4 is 15.9 Å². The fourth-order valence-corrected chi connectivity index (χ4v) is 2.25. The standard InChI is InChI=1S/C13H9BrFN5O2/c14-9-7-19(13(22)16-12(9)21)5-8-6-20(18-17-8)11-4-2-1-3-10(11)15/h1-4,6-7H,5H2,(H,16,21,22). The van der Waals surface area contributed by atoms with Crippen LogP contribution in [-0.2, 0) is 6.54 Å². The smallest absolute Gasteiger partial charge is 0.293 e. The van der Waals surface area contributed by atoms with Crippen LogP contribution in [0.15, 0.2) is 50.7 Å². The van der Waals surface area contributed by atoms with Gasteiger partial charge in [0.15, 0.2) is 0 Å². The van der Waals surface area contributed by atoms with Crippen LogP contribution in [-0.4, -0.2) is 24.5 Å². The van der Waals surface area contributed by atoms with Gasteiger partial charge in [0.05, 0.1) is 17.2 Å². The minimum Gasteiger partial charge on any atom is -0.293 e. The molecule has 2 heterocycles. The molecule has 7 nitrogen and oxygen atoms in total. The number of nitrogens with one attached hydrogen (secondary N) is 1. The Bertz CT molecular complexity index is 946. The van der Waals surface area contributed by atoms with Crippen LogP contribution in [0.2, 0.25) is 0 Å². The van der Waals surface area contributed by atoms with E-state index >= 15 is 0 Å². The van der Waals surface area contributed by atoms with E-state index in [1.165, 1.54) is 27.7 Å². The Morgan fingerprint density at radius 2 is 2.00 bits per heavy atom. The van der Waals surface area contributed by atoms with Crippen molar-refractivity contribution in [1.82, 2.24) is 24.5 Å². The van der Waals surface area contributed by atoms with E-state index in [2.05, 4.69) is 31.2 Å². The van der Waals surface area contributed by atoms with Gasteiger partial charge in [0.1, 0.15) is 17.2 Å². The number of rotatable bonds is 3. The van der Waals surface area contributed by atoms with Gasteiger partial charge in [-0.05, 0) is 28.1 Å². The van der Waals surface area contributed by atoms with Crippen molar-refractivity contribution in [1.29, 1.82) is 0 Å². The molecule has 0 saturated carbocycles. The summed E-state index contributed by atoms with van der Waals surface area (Å²) in [6.07, 6.45) is 2.88.